The number of hydrogen-bond acceptors (Lipinski definition) is 2. The van der Waals surface area contributed by atoms with Gasteiger partial charge in [-0.2, -0.15) is 0 Å². The molecule has 0 atom stereocenters. The normalized spacial score (nSPS) is 10.8. The van der Waals surface area contributed by atoms with Gasteiger partial charge in [0.15, 0.2) is 0 Å². The third kappa shape index (κ3) is 2.06. The monoisotopic (exact) mass is 206 g/mol. The lowest BCUT2D eigenvalue weighted by Crippen LogP contribution is -2.03. The van der Waals surface area contributed by atoms with E-state index in [0.717, 1.165) is 0 Å². The number of nitrogen functional groups attached to an aromatic ring is 1. The average molecular weight is 207 g/mol. The van der Waals surface area contributed by atoms with E-state index in [2.05, 4.69) is 4.98 Å². The van der Waals surface area contributed by atoms with Crippen molar-refractivity contribution >= 4 is 17.3 Å². The van der Waals surface area contributed by atoms with Gasteiger partial charge in [-0.1, -0.05) is 0 Å². The molecule has 13 heavy (non-hydrogen) atoms. The fourth-order valence-electron chi connectivity index (χ4n) is 1.13. The largest absolute Gasteiger partial charge is 0.398 e. The number of aryl methyl sites for hydroxylation is 1. The Balaban J connectivity index is 3.30. The molecule has 0 amide bonds. The van der Waals surface area contributed by atoms with Gasteiger partial charge in [-0.3, -0.25) is 4.98 Å². The quantitative estimate of drug-likeness (QED) is 0.756. The minimum Gasteiger partial charge on any atom is -0.398 e. The first kappa shape index (κ1) is 10.2. The molecular formula is C8H9ClF2N2. The molecule has 0 aliphatic heterocycles. The summed E-state index contributed by atoms with van der Waals surface area (Å²) in [5, 5.41) is 0. The first-order chi connectivity index (χ1) is 6.06. The molecule has 0 aliphatic carbocycles. The third-order valence-electron chi connectivity index (χ3n) is 1.64. The molecule has 5 heteroatoms. The summed E-state index contributed by atoms with van der Waals surface area (Å²) < 4.78 is 24.9. The lowest BCUT2D eigenvalue weighted by molar-refractivity contribution is 0.151. The summed E-state index contributed by atoms with van der Waals surface area (Å²) in [6.45, 7) is 1.68. The maximum atomic E-state index is 12.4. The van der Waals surface area contributed by atoms with Crippen LogP contribution in [-0.2, 0) is 5.88 Å². The standard InChI is InChI=1S/C8H9ClF2N2/c1-4-2-5(12)7(8(10)11)6(3-9)13-4/h2,8H,3H2,1H3,(H2,12,13). The van der Waals surface area contributed by atoms with Gasteiger partial charge in [-0.25, -0.2) is 8.78 Å². The molecular weight excluding hydrogens is 198 g/mol. The van der Waals surface area contributed by atoms with E-state index in [1.54, 1.807) is 6.92 Å². The van der Waals surface area contributed by atoms with Crippen LogP contribution in [0.25, 0.3) is 0 Å². The second kappa shape index (κ2) is 3.87. The Hall–Kier alpha value is -0.900. The van der Waals surface area contributed by atoms with E-state index in [4.69, 9.17) is 17.3 Å². The highest BCUT2D eigenvalue weighted by Gasteiger charge is 2.17. The fourth-order valence-corrected chi connectivity index (χ4v) is 1.33. The van der Waals surface area contributed by atoms with Crippen molar-refractivity contribution in [3.63, 3.8) is 0 Å². The number of nitrogens with zero attached hydrogens (tertiary/aromatic N) is 1. The SMILES string of the molecule is Cc1cc(N)c(C(F)F)c(CCl)n1. The topological polar surface area (TPSA) is 38.9 Å². The lowest BCUT2D eigenvalue weighted by atomic mass is 10.1. The second-order valence-electron chi connectivity index (χ2n) is 2.65. The third-order valence-corrected chi connectivity index (χ3v) is 1.90. The molecule has 0 aliphatic rings. The molecule has 1 rings (SSSR count). The molecule has 0 saturated heterocycles. The number of rotatable bonds is 2. The smallest absolute Gasteiger partial charge is 0.267 e. The molecule has 0 bridgehead atoms. The van der Waals surface area contributed by atoms with Gasteiger partial charge in [0.2, 0.25) is 0 Å². The molecule has 1 heterocycles. The van der Waals surface area contributed by atoms with Crippen molar-refractivity contribution in [3.05, 3.63) is 23.0 Å². The van der Waals surface area contributed by atoms with Crippen LogP contribution < -0.4 is 5.73 Å². The van der Waals surface area contributed by atoms with Crippen LogP contribution in [-0.4, -0.2) is 4.98 Å². The van der Waals surface area contributed by atoms with Gasteiger partial charge >= 0.3 is 0 Å². The van der Waals surface area contributed by atoms with Crippen LogP contribution in [0.3, 0.4) is 0 Å². The molecule has 1 aromatic heterocycles. The summed E-state index contributed by atoms with van der Waals surface area (Å²) in [6, 6.07) is 1.41. The van der Waals surface area contributed by atoms with Crippen molar-refractivity contribution < 1.29 is 8.78 Å². The van der Waals surface area contributed by atoms with Crippen LogP contribution >= 0.6 is 11.6 Å². The van der Waals surface area contributed by atoms with Crippen molar-refractivity contribution in [2.24, 2.45) is 0 Å². The fraction of sp³-hybridized carbons (Fsp3) is 0.375. The highest BCUT2D eigenvalue weighted by molar-refractivity contribution is 6.17. The second-order valence-corrected chi connectivity index (χ2v) is 2.91. The zero-order valence-electron chi connectivity index (χ0n) is 7.02. The number of alkyl halides is 3. The highest BCUT2D eigenvalue weighted by Crippen LogP contribution is 2.28. The van der Waals surface area contributed by atoms with Crippen molar-refractivity contribution in [2.45, 2.75) is 19.2 Å². The number of halogens is 3. The molecule has 2 nitrogen and oxygen atoms in total. The number of anilines is 1. The summed E-state index contributed by atoms with van der Waals surface area (Å²) in [5.41, 5.74) is 5.98. The number of nitrogens with two attached hydrogens (primary N) is 1. The van der Waals surface area contributed by atoms with Crippen LogP contribution in [0.4, 0.5) is 14.5 Å². The van der Waals surface area contributed by atoms with Gasteiger partial charge in [0.25, 0.3) is 6.43 Å². The van der Waals surface area contributed by atoms with E-state index in [0.29, 0.717) is 5.69 Å². The van der Waals surface area contributed by atoms with Crippen LogP contribution in [0.2, 0.25) is 0 Å². The number of hydrogen-bond donors (Lipinski definition) is 1. The van der Waals surface area contributed by atoms with Crippen molar-refractivity contribution in [2.75, 3.05) is 5.73 Å². The Morgan fingerprint density at radius 2 is 2.23 bits per heavy atom. The average Bonchev–Trinajstić information content (AvgIpc) is 2.01. The molecule has 0 spiro atoms. The molecule has 72 valence electrons. The van der Waals surface area contributed by atoms with Crippen molar-refractivity contribution in [1.82, 2.24) is 4.98 Å². The van der Waals surface area contributed by atoms with E-state index in [9.17, 15) is 8.78 Å². The lowest BCUT2D eigenvalue weighted by Gasteiger charge is -2.09. The molecule has 0 unspecified atom stereocenters. The predicted molar refractivity (Wildman–Crippen MR) is 47.9 cm³/mol. The van der Waals surface area contributed by atoms with Gasteiger partial charge in [-0.05, 0) is 13.0 Å². The van der Waals surface area contributed by atoms with E-state index in [1.165, 1.54) is 6.07 Å². The van der Waals surface area contributed by atoms with Crippen LogP contribution in [0.15, 0.2) is 6.07 Å². The van der Waals surface area contributed by atoms with Gasteiger partial charge in [0, 0.05) is 11.4 Å². The Bertz CT molecular complexity index is 315. The Morgan fingerprint density at radius 1 is 1.62 bits per heavy atom. The van der Waals surface area contributed by atoms with Crippen molar-refractivity contribution in [3.8, 4) is 0 Å². The minimum atomic E-state index is -2.62. The van der Waals surface area contributed by atoms with Gasteiger partial charge in [0.05, 0.1) is 17.1 Å². The molecule has 0 fully saturated rings. The first-order valence-corrected chi connectivity index (χ1v) is 4.19. The zero-order chi connectivity index (χ0) is 10.0. The van der Waals surface area contributed by atoms with Crippen molar-refractivity contribution in [1.29, 1.82) is 0 Å². The molecule has 0 radical (unpaired) electrons. The summed E-state index contributed by atoms with van der Waals surface area (Å²) in [7, 11) is 0. The molecule has 0 saturated carbocycles. The number of aromatic nitrogens is 1. The number of pyridine rings is 1. The van der Waals surface area contributed by atoms with E-state index in [1.807, 2.05) is 0 Å². The van der Waals surface area contributed by atoms with Crippen LogP contribution in [0.5, 0.6) is 0 Å². The van der Waals surface area contributed by atoms with Gasteiger partial charge < -0.3 is 5.73 Å². The summed E-state index contributed by atoms with van der Waals surface area (Å²) in [6.07, 6.45) is -2.62. The molecule has 2 N–H and O–H groups in total. The van der Waals surface area contributed by atoms with Gasteiger partial charge in [-0.15, -0.1) is 11.6 Å². The van der Waals surface area contributed by atoms with Gasteiger partial charge in [0.1, 0.15) is 0 Å². The summed E-state index contributed by atoms with van der Waals surface area (Å²) in [4.78, 5) is 3.88. The maximum absolute atomic E-state index is 12.4. The maximum Gasteiger partial charge on any atom is 0.267 e. The Morgan fingerprint density at radius 3 is 2.69 bits per heavy atom. The Labute approximate surface area is 79.7 Å². The summed E-state index contributed by atoms with van der Waals surface area (Å²) in [5.74, 6) is -0.0500. The van der Waals surface area contributed by atoms with Crippen LogP contribution in [0, 0.1) is 6.92 Å². The minimum absolute atomic E-state index is 0.0500. The first-order valence-electron chi connectivity index (χ1n) is 3.66. The Kier molecular flexibility index (Phi) is 3.03. The van der Waals surface area contributed by atoms with E-state index in [-0.39, 0.29) is 22.8 Å². The highest BCUT2D eigenvalue weighted by atomic mass is 35.5. The summed E-state index contributed by atoms with van der Waals surface area (Å²) >= 11 is 5.47. The van der Waals surface area contributed by atoms with E-state index >= 15 is 0 Å². The molecule has 0 aromatic carbocycles. The molecule has 1 aromatic rings. The predicted octanol–water partition coefficient (Wildman–Crippen LogP) is 2.65. The zero-order valence-corrected chi connectivity index (χ0v) is 7.78. The van der Waals surface area contributed by atoms with Crippen LogP contribution in [0.1, 0.15) is 23.4 Å². The van der Waals surface area contributed by atoms with E-state index < -0.39 is 6.43 Å².